The molecule has 1 atom stereocenters. The highest BCUT2D eigenvalue weighted by Gasteiger charge is 2.20. The van der Waals surface area contributed by atoms with Gasteiger partial charge in [0.25, 0.3) is 0 Å². The van der Waals surface area contributed by atoms with Crippen LogP contribution in [0.1, 0.15) is 38.7 Å². The Morgan fingerprint density at radius 2 is 1.85 bits per heavy atom. The van der Waals surface area contributed by atoms with Crippen molar-refractivity contribution in [1.82, 2.24) is 5.32 Å². The van der Waals surface area contributed by atoms with Crippen LogP contribution in [0.25, 0.3) is 0 Å². The molecule has 3 heteroatoms. The van der Waals surface area contributed by atoms with E-state index < -0.39 is 0 Å². The molecule has 3 nitrogen and oxygen atoms in total. The number of ether oxygens (including phenoxy) is 1. The largest absolute Gasteiger partial charge is 0.394 e. The van der Waals surface area contributed by atoms with Crippen molar-refractivity contribution in [2.24, 2.45) is 0 Å². The van der Waals surface area contributed by atoms with Crippen molar-refractivity contribution in [1.29, 1.82) is 0 Å². The van der Waals surface area contributed by atoms with Crippen LogP contribution in [-0.4, -0.2) is 37.0 Å². The van der Waals surface area contributed by atoms with Crippen molar-refractivity contribution in [3.8, 4) is 0 Å². The molecule has 0 bridgehead atoms. The van der Waals surface area contributed by atoms with Crippen molar-refractivity contribution < 1.29 is 9.84 Å². The van der Waals surface area contributed by atoms with Crippen LogP contribution >= 0.6 is 0 Å². The molecular formula is C17H29NO2. The third-order valence-electron chi connectivity index (χ3n) is 3.57. The summed E-state index contributed by atoms with van der Waals surface area (Å²) < 4.78 is 5.66. The molecule has 1 unspecified atom stereocenters. The van der Waals surface area contributed by atoms with Crippen molar-refractivity contribution in [2.45, 2.75) is 45.1 Å². The lowest BCUT2D eigenvalue weighted by molar-refractivity contribution is 0.109. The van der Waals surface area contributed by atoms with E-state index in [1.807, 2.05) is 6.07 Å². The van der Waals surface area contributed by atoms with E-state index in [9.17, 15) is 5.11 Å². The summed E-state index contributed by atoms with van der Waals surface area (Å²) in [5.41, 5.74) is 1.21. The summed E-state index contributed by atoms with van der Waals surface area (Å²) in [6.45, 7) is 6.77. The number of hydrogen-bond acceptors (Lipinski definition) is 3. The highest BCUT2D eigenvalue weighted by molar-refractivity contribution is 5.14. The molecule has 0 spiro atoms. The third kappa shape index (κ3) is 7.04. The molecule has 114 valence electrons. The van der Waals surface area contributed by atoms with Crippen LogP contribution in [-0.2, 0) is 11.2 Å². The fourth-order valence-electron chi connectivity index (χ4n) is 2.34. The van der Waals surface area contributed by atoms with Gasteiger partial charge < -0.3 is 15.2 Å². The zero-order valence-corrected chi connectivity index (χ0v) is 12.9. The van der Waals surface area contributed by atoms with Gasteiger partial charge in [-0.2, -0.15) is 0 Å². The van der Waals surface area contributed by atoms with Gasteiger partial charge in [0.2, 0.25) is 0 Å². The molecule has 0 aliphatic heterocycles. The molecule has 2 N–H and O–H groups in total. The number of aryl methyl sites for hydroxylation is 1. The van der Waals surface area contributed by atoms with E-state index in [-0.39, 0.29) is 12.1 Å². The topological polar surface area (TPSA) is 41.5 Å². The third-order valence-corrected chi connectivity index (χ3v) is 3.57. The number of aliphatic hydroxyl groups is 1. The van der Waals surface area contributed by atoms with E-state index in [2.05, 4.69) is 43.4 Å². The molecule has 0 fully saturated rings. The quantitative estimate of drug-likeness (QED) is 0.612. The van der Waals surface area contributed by atoms with Gasteiger partial charge in [-0.25, -0.2) is 0 Å². The summed E-state index contributed by atoms with van der Waals surface area (Å²) in [7, 11) is 0. The summed E-state index contributed by atoms with van der Waals surface area (Å²) in [5.74, 6) is 0. The van der Waals surface area contributed by atoms with Gasteiger partial charge in [-0.15, -0.1) is 0 Å². The van der Waals surface area contributed by atoms with Gasteiger partial charge in [0.15, 0.2) is 0 Å². The predicted octanol–water partition coefficient (Wildman–Crippen LogP) is 2.78. The standard InChI is InChI=1S/C17H29NO2/c1-3-18-17(2,15-19)12-8-14-20-13-7-11-16-9-5-4-6-10-16/h4-6,9-10,18-19H,3,7-8,11-15H2,1-2H3. The van der Waals surface area contributed by atoms with Gasteiger partial charge in [-0.1, -0.05) is 37.3 Å². The second kappa shape index (κ2) is 9.92. The predicted molar refractivity (Wildman–Crippen MR) is 84.0 cm³/mol. The van der Waals surface area contributed by atoms with Crippen molar-refractivity contribution in [3.05, 3.63) is 35.9 Å². The number of benzene rings is 1. The van der Waals surface area contributed by atoms with E-state index in [1.54, 1.807) is 0 Å². The SMILES string of the molecule is CCNC(C)(CO)CCCOCCCc1ccccc1. The van der Waals surface area contributed by atoms with Gasteiger partial charge in [0.1, 0.15) is 0 Å². The minimum absolute atomic E-state index is 0.165. The first-order valence-electron chi connectivity index (χ1n) is 7.68. The van der Waals surface area contributed by atoms with Crippen molar-refractivity contribution in [2.75, 3.05) is 26.4 Å². The van der Waals surface area contributed by atoms with Gasteiger partial charge in [0.05, 0.1) is 6.61 Å². The molecule has 0 saturated heterocycles. The van der Waals surface area contributed by atoms with E-state index in [1.165, 1.54) is 5.56 Å². The maximum absolute atomic E-state index is 9.38. The van der Waals surface area contributed by atoms with Crippen LogP contribution < -0.4 is 5.32 Å². The van der Waals surface area contributed by atoms with Crippen LogP contribution in [0.5, 0.6) is 0 Å². The summed E-state index contributed by atoms with van der Waals surface area (Å²) in [6.07, 6.45) is 4.06. The van der Waals surface area contributed by atoms with Crippen molar-refractivity contribution in [3.63, 3.8) is 0 Å². The first-order chi connectivity index (χ1) is 9.70. The number of nitrogens with one attached hydrogen (secondary N) is 1. The normalized spacial score (nSPS) is 14.2. The Balaban J connectivity index is 2.02. The van der Waals surface area contributed by atoms with E-state index in [0.29, 0.717) is 0 Å². The lowest BCUT2D eigenvalue weighted by Gasteiger charge is -2.28. The van der Waals surface area contributed by atoms with Crippen LogP contribution in [0.4, 0.5) is 0 Å². The van der Waals surface area contributed by atoms with Gasteiger partial charge >= 0.3 is 0 Å². The molecule has 0 aliphatic rings. The molecule has 1 rings (SSSR count). The van der Waals surface area contributed by atoms with Crippen LogP contribution in [0.15, 0.2) is 30.3 Å². The van der Waals surface area contributed by atoms with Gasteiger partial charge in [0, 0.05) is 18.8 Å². The molecule has 0 amide bonds. The second-order valence-corrected chi connectivity index (χ2v) is 5.55. The lowest BCUT2D eigenvalue weighted by Crippen LogP contribution is -2.45. The smallest absolute Gasteiger partial charge is 0.0610 e. The molecule has 0 radical (unpaired) electrons. The minimum Gasteiger partial charge on any atom is -0.394 e. The average molecular weight is 279 g/mol. The number of rotatable bonds is 11. The van der Waals surface area contributed by atoms with E-state index in [4.69, 9.17) is 4.74 Å². The molecule has 0 aliphatic carbocycles. The number of aliphatic hydroxyl groups excluding tert-OH is 1. The van der Waals surface area contributed by atoms with Crippen LogP contribution in [0.3, 0.4) is 0 Å². The number of hydrogen-bond donors (Lipinski definition) is 2. The first-order valence-corrected chi connectivity index (χ1v) is 7.68. The summed E-state index contributed by atoms with van der Waals surface area (Å²) in [4.78, 5) is 0. The lowest BCUT2D eigenvalue weighted by atomic mass is 9.97. The Morgan fingerprint density at radius 3 is 2.50 bits per heavy atom. The molecule has 0 aromatic heterocycles. The maximum atomic E-state index is 9.38. The highest BCUT2D eigenvalue weighted by Crippen LogP contribution is 2.11. The first kappa shape index (κ1) is 17.2. The zero-order valence-electron chi connectivity index (χ0n) is 12.9. The zero-order chi connectivity index (χ0) is 14.7. The monoisotopic (exact) mass is 279 g/mol. The second-order valence-electron chi connectivity index (χ2n) is 5.55. The van der Waals surface area contributed by atoms with Crippen molar-refractivity contribution >= 4 is 0 Å². The maximum Gasteiger partial charge on any atom is 0.0610 e. The Kier molecular flexibility index (Phi) is 8.51. The van der Waals surface area contributed by atoms with Gasteiger partial charge in [-0.05, 0) is 44.7 Å². The molecule has 0 saturated carbocycles. The van der Waals surface area contributed by atoms with Gasteiger partial charge in [-0.3, -0.25) is 0 Å². The molecule has 0 heterocycles. The fourth-order valence-corrected chi connectivity index (χ4v) is 2.34. The average Bonchev–Trinajstić information content (AvgIpc) is 2.47. The highest BCUT2D eigenvalue weighted by atomic mass is 16.5. The summed E-state index contributed by atoms with van der Waals surface area (Å²) in [5, 5.41) is 12.7. The molecule has 1 aromatic rings. The summed E-state index contributed by atoms with van der Waals surface area (Å²) in [6, 6.07) is 10.5. The summed E-state index contributed by atoms with van der Waals surface area (Å²) >= 11 is 0. The van der Waals surface area contributed by atoms with Crippen LogP contribution in [0.2, 0.25) is 0 Å². The van der Waals surface area contributed by atoms with E-state index >= 15 is 0 Å². The van der Waals surface area contributed by atoms with E-state index in [0.717, 1.165) is 45.4 Å². The molecule has 20 heavy (non-hydrogen) atoms. The Hall–Kier alpha value is -0.900. The molecular weight excluding hydrogens is 250 g/mol. The Bertz CT molecular complexity index is 342. The van der Waals surface area contributed by atoms with Crippen LogP contribution in [0, 0.1) is 0 Å². The minimum atomic E-state index is -0.165. The number of likely N-dealkylation sites (N-methyl/N-ethyl adjacent to an activating group) is 1. The Morgan fingerprint density at radius 1 is 1.15 bits per heavy atom. The Labute approximate surface area is 123 Å². The molecule has 1 aromatic carbocycles. The fraction of sp³-hybridized carbons (Fsp3) is 0.647.